The summed E-state index contributed by atoms with van der Waals surface area (Å²) in [6.45, 7) is 1.94. The average molecular weight is 408 g/mol. The van der Waals surface area contributed by atoms with Gasteiger partial charge in [-0.1, -0.05) is 0 Å². The van der Waals surface area contributed by atoms with Crippen LogP contribution in [0.1, 0.15) is 26.3 Å². The van der Waals surface area contributed by atoms with E-state index in [4.69, 9.17) is 15.2 Å². The Morgan fingerprint density at radius 1 is 0.900 bits per heavy atom. The summed E-state index contributed by atoms with van der Waals surface area (Å²) in [6.07, 6.45) is 2.99. The number of esters is 2. The molecule has 0 unspecified atom stereocenters. The fraction of sp³-hybridized carbons (Fsp3) is 0.150. The number of aryl methyl sites for hydroxylation is 1. The first-order valence-corrected chi connectivity index (χ1v) is 8.80. The number of nitrogens with one attached hydrogen (secondary N) is 2. The van der Waals surface area contributed by atoms with E-state index in [-0.39, 0.29) is 22.6 Å². The van der Waals surface area contributed by atoms with Gasteiger partial charge in [-0.15, -0.1) is 0 Å². The van der Waals surface area contributed by atoms with Crippen LogP contribution in [0.3, 0.4) is 0 Å². The molecular weight excluding hydrogens is 388 g/mol. The molecule has 0 atom stereocenters. The van der Waals surface area contributed by atoms with E-state index >= 15 is 0 Å². The molecule has 3 rings (SSSR count). The Morgan fingerprint density at radius 3 is 2.07 bits per heavy atom. The van der Waals surface area contributed by atoms with Crippen molar-refractivity contribution < 1.29 is 19.1 Å². The first-order chi connectivity index (χ1) is 14.4. The Kier molecular flexibility index (Phi) is 6.06. The molecule has 0 saturated heterocycles. The minimum atomic E-state index is -0.604. The molecule has 0 aliphatic carbocycles. The van der Waals surface area contributed by atoms with E-state index in [1.165, 1.54) is 38.7 Å². The van der Waals surface area contributed by atoms with Gasteiger partial charge in [0.2, 0.25) is 0 Å². The van der Waals surface area contributed by atoms with Gasteiger partial charge in [0, 0.05) is 11.9 Å². The maximum atomic E-state index is 12.0. The minimum Gasteiger partial charge on any atom is -0.465 e. The summed E-state index contributed by atoms with van der Waals surface area (Å²) < 4.78 is 9.49. The number of rotatable bonds is 6. The maximum Gasteiger partial charge on any atom is 0.337 e. The standard InChI is InChI=1S/C20H20N6O4/c1-11-4-5-22-15(6-11)26-18-16(21)17(23-10-24-18)25-14-8-12(19(27)29-2)7-13(9-14)20(28)30-3/h4-10H,21H2,1-3H3,(H2,22,23,24,25,26). The van der Waals surface area contributed by atoms with E-state index in [2.05, 4.69) is 25.6 Å². The van der Waals surface area contributed by atoms with Crippen LogP contribution in [-0.4, -0.2) is 41.1 Å². The third-order valence-electron chi connectivity index (χ3n) is 4.08. The first-order valence-electron chi connectivity index (χ1n) is 8.80. The molecule has 0 spiro atoms. The van der Waals surface area contributed by atoms with Crippen molar-refractivity contribution in [2.24, 2.45) is 0 Å². The molecule has 2 heterocycles. The van der Waals surface area contributed by atoms with Crippen molar-refractivity contribution in [1.29, 1.82) is 0 Å². The zero-order valence-electron chi connectivity index (χ0n) is 16.6. The zero-order chi connectivity index (χ0) is 21.7. The SMILES string of the molecule is COC(=O)c1cc(Nc2ncnc(Nc3cc(C)ccn3)c2N)cc(C(=O)OC)c1. The van der Waals surface area contributed by atoms with Gasteiger partial charge in [0.25, 0.3) is 0 Å². The lowest BCUT2D eigenvalue weighted by atomic mass is 10.1. The van der Waals surface area contributed by atoms with Crippen LogP contribution in [0.2, 0.25) is 0 Å². The van der Waals surface area contributed by atoms with Gasteiger partial charge >= 0.3 is 11.9 Å². The number of nitrogens with two attached hydrogens (primary N) is 1. The predicted molar refractivity (Wildman–Crippen MR) is 111 cm³/mol. The molecule has 10 nitrogen and oxygen atoms in total. The number of anilines is 5. The normalized spacial score (nSPS) is 10.2. The van der Waals surface area contributed by atoms with Crippen molar-refractivity contribution in [2.75, 3.05) is 30.6 Å². The summed E-state index contributed by atoms with van der Waals surface area (Å²) in [5.74, 6) is -0.00686. The lowest BCUT2D eigenvalue weighted by Gasteiger charge is -2.13. The number of ether oxygens (including phenoxy) is 2. The van der Waals surface area contributed by atoms with E-state index in [0.29, 0.717) is 17.3 Å². The molecule has 0 saturated carbocycles. The lowest BCUT2D eigenvalue weighted by molar-refractivity contribution is 0.0599. The predicted octanol–water partition coefficient (Wildman–Crippen LogP) is 2.82. The molecular formula is C20H20N6O4. The molecule has 4 N–H and O–H groups in total. The van der Waals surface area contributed by atoms with Gasteiger partial charge in [-0.3, -0.25) is 0 Å². The second-order valence-corrected chi connectivity index (χ2v) is 6.24. The Labute approximate surface area is 172 Å². The minimum absolute atomic E-state index is 0.165. The number of pyridine rings is 1. The molecule has 10 heteroatoms. The highest BCUT2D eigenvalue weighted by molar-refractivity contribution is 5.97. The molecule has 3 aromatic rings. The van der Waals surface area contributed by atoms with Crippen LogP contribution in [-0.2, 0) is 9.47 Å². The highest BCUT2D eigenvalue weighted by Crippen LogP contribution is 2.28. The van der Waals surface area contributed by atoms with Crippen LogP contribution in [0.25, 0.3) is 0 Å². The van der Waals surface area contributed by atoms with Gasteiger partial charge in [-0.2, -0.15) is 0 Å². The quantitative estimate of drug-likeness (QED) is 0.521. The zero-order valence-corrected chi connectivity index (χ0v) is 16.6. The third-order valence-corrected chi connectivity index (χ3v) is 4.08. The Hall–Kier alpha value is -4.21. The van der Waals surface area contributed by atoms with E-state index < -0.39 is 11.9 Å². The van der Waals surface area contributed by atoms with Gasteiger partial charge < -0.3 is 25.8 Å². The monoisotopic (exact) mass is 408 g/mol. The molecule has 0 radical (unpaired) electrons. The molecule has 154 valence electrons. The summed E-state index contributed by atoms with van der Waals surface area (Å²) in [5, 5.41) is 6.04. The number of methoxy groups -OCH3 is 2. The second kappa shape index (κ2) is 8.86. The van der Waals surface area contributed by atoms with Crippen molar-refractivity contribution in [1.82, 2.24) is 15.0 Å². The smallest absolute Gasteiger partial charge is 0.337 e. The summed E-state index contributed by atoms with van der Waals surface area (Å²) in [6, 6.07) is 8.11. The van der Waals surface area contributed by atoms with Gasteiger partial charge in [-0.25, -0.2) is 24.5 Å². The van der Waals surface area contributed by atoms with Gasteiger partial charge in [0.1, 0.15) is 17.8 Å². The van der Waals surface area contributed by atoms with Crippen LogP contribution >= 0.6 is 0 Å². The largest absolute Gasteiger partial charge is 0.465 e. The van der Waals surface area contributed by atoms with Crippen molar-refractivity contribution in [2.45, 2.75) is 6.92 Å². The summed E-state index contributed by atoms with van der Waals surface area (Å²) in [7, 11) is 2.50. The third kappa shape index (κ3) is 4.61. The fourth-order valence-electron chi connectivity index (χ4n) is 2.63. The van der Waals surface area contributed by atoms with Crippen LogP contribution in [0, 0.1) is 6.92 Å². The summed E-state index contributed by atoms with van der Waals surface area (Å²) in [5.41, 5.74) is 8.17. The van der Waals surface area contributed by atoms with E-state index in [9.17, 15) is 9.59 Å². The molecule has 30 heavy (non-hydrogen) atoms. The Bertz CT molecular complexity index is 1070. The van der Waals surface area contributed by atoms with Crippen molar-refractivity contribution in [3.05, 3.63) is 59.5 Å². The Morgan fingerprint density at radius 2 is 1.50 bits per heavy atom. The average Bonchev–Trinajstić information content (AvgIpc) is 2.75. The summed E-state index contributed by atoms with van der Waals surface area (Å²) >= 11 is 0. The number of hydrogen-bond donors (Lipinski definition) is 3. The molecule has 2 aromatic heterocycles. The number of nitrogens with zero attached hydrogens (tertiary/aromatic N) is 3. The van der Waals surface area contributed by atoms with Crippen LogP contribution < -0.4 is 16.4 Å². The highest BCUT2D eigenvalue weighted by Gasteiger charge is 2.16. The molecule has 1 aromatic carbocycles. The lowest BCUT2D eigenvalue weighted by Crippen LogP contribution is -2.09. The second-order valence-electron chi connectivity index (χ2n) is 6.24. The van der Waals surface area contributed by atoms with E-state index in [0.717, 1.165) is 5.56 Å². The topological polar surface area (TPSA) is 141 Å². The van der Waals surface area contributed by atoms with E-state index in [1.807, 2.05) is 19.1 Å². The van der Waals surface area contributed by atoms with E-state index in [1.54, 1.807) is 6.20 Å². The molecule has 0 aliphatic rings. The van der Waals surface area contributed by atoms with Gasteiger partial charge in [-0.05, 0) is 42.8 Å². The number of benzene rings is 1. The highest BCUT2D eigenvalue weighted by atomic mass is 16.5. The van der Waals surface area contributed by atoms with Crippen LogP contribution in [0.4, 0.5) is 28.8 Å². The molecule has 0 bridgehead atoms. The van der Waals surface area contributed by atoms with Crippen LogP contribution in [0.5, 0.6) is 0 Å². The van der Waals surface area contributed by atoms with Crippen LogP contribution in [0.15, 0.2) is 42.9 Å². The van der Waals surface area contributed by atoms with Crippen molar-refractivity contribution in [3.8, 4) is 0 Å². The summed E-state index contributed by atoms with van der Waals surface area (Å²) in [4.78, 5) is 36.4. The fourth-order valence-corrected chi connectivity index (χ4v) is 2.63. The van der Waals surface area contributed by atoms with Crippen molar-refractivity contribution in [3.63, 3.8) is 0 Å². The maximum absolute atomic E-state index is 12.0. The van der Waals surface area contributed by atoms with Gasteiger partial charge in [0.15, 0.2) is 11.6 Å². The molecule has 0 aliphatic heterocycles. The number of aromatic nitrogens is 3. The number of carbonyl (C=O) groups excluding carboxylic acids is 2. The number of carbonyl (C=O) groups is 2. The van der Waals surface area contributed by atoms with Crippen molar-refractivity contribution >= 4 is 40.8 Å². The van der Waals surface area contributed by atoms with Gasteiger partial charge in [0.05, 0.1) is 25.3 Å². The number of nitrogen functional groups attached to an aromatic ring is 1. The Balaban J connectivity index is 1.94. The first kappa shape index (κ1) is 20.5. The number of hydrogen-bond acceptors (Lipinski definition) is 10. The molecule has 0 fully saturated rings. The molecule has 0 amide bonds.